The Morgan fingerprint density at radius 1 is 1.27 bits per heavy atom. The van der Waals surface area contributed by atoms with Crippen LogP contribution < -0.4 is 0 Å². The normalized spacial score (nSPS) is 25.8. The van der Waals surface area contributed by atoms with Crippen molar-refractivity contribution in [1.29, 1.82) is 0 Å². The van der Waals surface area contributed by atoms with E-state index in [2.05, 4.69) is 43.3 Å². The van der Waals surface area contributed by atoms with Gasteiger partial charge in [-0.25, -0.2) is 0 Å². The topological polar surface area (TPSA) is 40.5 Å². The van der Waals surface area contributed by atoms with Crippen LogP contribution in [0.4, 0.5) is 0 Å². The third-order valence-electron chi connectivity index (χ3n) is 4.46. The molecule has 3 atom stereocenters. The molecule has 0 aromatic heterocycles. The first-order chi connectivity index (χ1) is 10.5. The predicted octanol–water partition coefficient (Wildman–Crippen LogP) is 3.14. The summed E-state index contributed by atoms with van der Waals surface area (Å²) < 4.78 is 0. The standard InChI is InChI=1S/C19H27NO2/c1-4-5-18(21)17-12-16(10-11-19(17)22)15-8-6-14(7-9-15)13-20(2)3/h4-9,16-17,19,22H,10-13H2,1-3H3. The maximum atomic E-state index is 12.1. The number of aliphatic hydroxyl groups excluding tert-OH is 1. The lowest BCUT2D eigenvalue weighted by molar-refractivity contribution is -0.123. The van der Waals surface area contributed by atoms with Gasteiger partial charge in [0.1, 0.15) is 0 Å². The number of nitrogens with zero attached hydrogens (tertiary/aromatic N) is 1. The summed E-state index contributed by atoms with van der Waals surface area (Å²) in [6.45, 7) is 2.78. The fraction of sp³-hybridized carbons (Fsp3) is 0.526. The van der Waals surface area contributed by atoms with Crippen LogP contribution in [0.25, 0.3) is 0 Å². The Balaban J connectivity index is 2.07. The molecule has 0 heterocycles. The molecule has 1 aliphatic rings. The van der Waals surface area contributed by atoms with Crippen LogP contribution in [-0.4, -0.2) is 36.0 Å². The van der Waals surface area contributed by atoms with Crippen LogP contribution in [0.3, 0.4) is 0 Å². The van der Waals surface area contributed by atoms with Gasteiger partial charge in [0.2, 0.25) is 0 Å². The molecule has 1 saturated carbocycles. The maximum Gasteiger partial charge on any atom is 0.161 e. The maximum absolute atomic E-state index is 12.1. The van der Waals surface area contributed by atoms with Crippen molar-refractivity contribution in [2.45, 2.75) is 44.8 Å². The Morgan fingerprint density at radius 2 is 1.95 bits per heavy atom. The number of benzene rings is 1. The van der Waals surface area contributed by atoms with Gasteiger partial charge in [0.05, 0.1) is 6.10 Å². The number of hydrogen-bond donors (Lipinski definition) is 1. The molecule has 0 saturated heterocycles. The Labute approximate surface area is 133 Å². The quantitative estimate of drug-likeness (QED) is 0.849. The lowest BCUT2D eigenvalue weighted by Gasteiger charge is -2.32. The van der Waals surface area contributed by atoms with Crippen molar-refractivity contribution in [2.75, 3.05) is 14.1 Å². The highest BCUT2D eigenvalue weighted by atomic mass is 16.3. The van der Waals surface area contributed by atoms with Crippen LogP contribution in [0.2, 0.25) is 0 Å². The number of carbonyl (C=O) groups excluding carboxylic acids is 1. The first-order valence-corrected chi connectivity index (χ1v) is 8.09. The molecule has 1 fully saturated rings. The van der Waals surface area contributed by atoms with Gasteiger partial charge in [-0.3, -0.25) is 4.79 Å². The van der Waals surface area contributed by atoms with Gasteiger partial charge in [-0.2, -0.15) is 0 Å². The van der Waals surface area contributed by atoms with E-state index in [1.165, 1.54) is 11.1 Å². The Hall–Kier alpha value is -1.45. The Bertz CT molecular complexity index is 519. The van der Waals surface area contributed by atoms with Crippen molar-refractivity contribution in [1.82, 2.24) is 4.90 Å². The summed E-state index contributed by atoms with van der Waals surface area (Å²) >= 11 is 0. The fourth-order valence-corrected chi connectivity index (χ4v) is 3.31. The summed E-state index contributed by atoms with van der Waals surface area (Å²) in [5.41, 5.74) is 2.58. The highest BCUT2D eigenvalue weighted by molar-refractivity contribution is 5.92. The van der Waals surface area contributed by atoms with E-state index in [0.717, 1.165) is 19.4 Å². The van der Waals surface area contributed by atoms with Gasteiger partial charge in [0.25, 0.3) is 0 Å². The van der Waals surface area contributed by atoms with Crippen molar-refractivity contribution in [3.63, 3.8) is 0 Å². The number of aliphatic hydroxyl groups is 1. The van der Waals surface area contributed by atoms with Crippen LogP contribution in [0, 0.1) is 5.92 Å². The van der Waals surface area contributed by atoms with Crippen LogP contribution in [0.1, 0.15) is 43.2 Å². The molecule has 0 radical (unpaired) electrons. The third-order valence-corrected chi connectivity index (χ3v) is 4.46. The first kappa shape index (κ1) is 16.9. The smallest absolute Gasteiger partial charge is 0.161 e. The minimum atomic E-state index is -0.493. The van der Waals surface area contributed by atoms with E-state index in [0.29, 0.717) is 12.3 Å². The van der Waals surface area contributed by atoms with E-state index in [1.54, 1.807) is 12.2 Å². The second-order valence-corrected chi connectivity index (χ2v) is 6.57. The Kier molecular flexibility index (Phi) is 5.92. The third kappa shape index (κ3) is 4.28. The van der Waals surface area contributed by atoms with Gasteiger partial charge in [0.15, 0.2) is 5.78 Å². The highest BCUT2D eigenvalue weighted by Gasteiger charge is 2.33. The van der Waals surface area contributed by atoms with Crippen LogP contribution >= 0.6 is 0 Å². The molecule has 3 nitrogen and oxygen atoms in total. The monoisotopic (exact) mass is 301 g/mol. The van der Waals surface area contributed by atoms with Crippen molar-refractivity contribution < 1.29 is 9.90 Å². The van der Waals surface area contributed by atoms with Crippen LogP contribution in [0.5, 0.6) is 0 Å². The first-order valence-electron chi connectivity index (χ1n) is 8.09. The summed E-state index contributed by atoms with van der Waals surface area (Å²) in [5, 5.41) is 10.1. The zero-order chi connectivity index (χ0) is 16.1. The van der Waals surface area contributed by atoms with E-state index in [-0.39, 0.29) is 11.7 Å². The second kappa shape index (κ2) is 7.70. The van der Waals surface area contributed by atoms with E-state index < -0.39 is 6.10 Å². The molecular formula is C19H27NO2. The molecule has 3 unspecified atom stereocenters. The van der Waals surface area contributed by atoms with Gasteiger partial charge >= 0.3 is 0 Å². The summed E-state index contributed by atoms with van der Waals surface area (Å²) in [6, 6.07) is 8.70. The zero-order valence-corrected chi connectivity index (χ0v) is 13.8. The van der Waals surface area contributed by atoms with E-state index >= 15 is 0 Å². The molecule has 2 rings (SSSR count). The molecule has 1 aliphatic carbocycles. The van der Waals surface area contributed by atoms with Crippen molar-refractivity contribution in [3.8, 4) is 0 Å². The Morgan fingerprint density at radius 3 is 2.55 bits per heavy atom. The molecule has 1 aromatic carbocycles. The molecule has 22 heavy (non-hydrogen) atoms. The lowest BCUT2D eigenvalue weighted by Crippen LogP contribution is -2.33. The average Bonchev–Trinajstić information content (AvgIpc) is 2.48. The van der Waals surface area contributed by atoms with Crippen molar-refractivity contribution in [2.24, 2.45) is 5.92 Å². The molecule has 120 valence electrons. The SMILES string of the molecule is CC=CC(=O)C1CC(c2ccc(CN(C)C)cc2)CCC1O. The van der Waals surface area contributed by atoms with Crippen molar-refractivity contribution in [3.05, 3.63) is 47.5 Å². The number of rotatable bonds is 5. The minimum absolute atomic E-state index is 0.0592. The second-order valence-electron chi connectivity index (χ2n) is 6.57. The van der Waals surface area contributed by atoms with E-state index in [9.17, 15) is 9.90 Å². The molecule has 1 N–H and O–H groups in total. The largest absolute Gasteiger partial charge is 0.392 e. The summed E-state index contributed by atoms with van der Waals surface area (Å²) in [7, 11) is 4.13. The highest BCUT2D eigenvalue weighted by Crippen LogP contribution is 2.37. The number of ketones is 1. The van der Waals surface area contributed by atoms with Crippen LogP contribution in [0.15, 0.2) is 36.4 Å². The van der Waals surface area contributed by atoms with Gasteiger partial charge in [0, 0.05) is 12.5 Å². The van der Waals surface area contributed by atoms with Gasteiger partial charge in [-0.05, 0) is 63.4 Å². The summed E-state index contributed by atoms with van der Waals surface area (Å²) in [5.74, 6) is 0.177. The summed E-state index contributed by atoms with van der Waals surface area (Å²) in [4.78, 5) is 14.3. The fourth-order valence-electron chi connectivity index (χ4n) is 3.31. The summed E-state index contributed by atoms with van der Waals surface area (Å²) in [6.07, 6.45) is 5.27. The number of hydrogen-bond acceptors (Lipinski definition) is 3. The average molecular weight is 301 g/mol. The van der Waals surface area contributed by atoms with E-state index in [4.69, 9.17) is 0 Å². The van der Waals surface area contributed by atoms with E-state index in [1.807, 2.05) is 6.92 Å². The van der Waals surface area contributed by atoms with Gasteiger partial charge < -0.3 is 10.0 Å². The molecule has 3 heteroatoms. The van der Waals surface area contributed by atoms with Crippen molar-refractivity contribution >= 4 is 5.78 Å². The molecule has 0 spiro atoms. The predicted molar refractivity (Wildman–Crippen MR) is 89.7 cm³/mol. The zero-order valence-electron chi connectivity index (χ0n) is 13.8. The lowest BCUT2D eigenvalue weighted by atomic mass is 9.74. The molecule has 1 aromatic rings. The molecular weight excluding hydrogens is 274 g/mol. The number of allylic oxidation sites excluding steroid dienone is 2. The van der Waals surface area contributed by atoms with Gasteiger partial charge in [-0.15, -0.1) is 0 Å². The number of carbonyl (C=O) groups is 1. The van der Waals surface area contributed by atoms with Crippen LogP contribution in [-0.2, 0) is 11.3 Å². The molecule has 0 bridgehead atoms. The molecule has 0 aliphatic heterocycles. The minimum Gasteiger partial charge on any atom is -0.392 e. The van der Waals surface area contributed by atoms with Gasteiger partial charge in [-0.1, -0.05) is 30.3 Å². The molecule has 0 amide bonds.